The Hall–Kier alpha value is -2.93. The molecule has 0 saturated heterocycles. The molecular weight excluding hydrogens is 363 g/mol. The van der Waals surface area contributed by atoms with Crippen LogP contribution < -0.4 is 5.32 Å². The minimum Gasteiger partial charge on any atom is -0.469 e. The summed E-state index contributed by atoms with van der Waals surface area (Å²) in [6.45, 7) is 3.55. The van der Waals surface area contributed by atoms with Crippen LogP contribution in [0.15, 0.2) is 48.5 Å². The van der Waals surface area contributed by atoms with Crippen LogP contribution in [-0.4, -0.2) is 29.6 Å². The number of amides is 1. The highest BCUT2D eigenvalue weighted by molar-refractivity contribution is 5.90. The number of esters is 1. The van der Waals surface area contributed by atoms with Crippen LogP contribution in [0.3, 0.4) is 0 Å². The van der Waals surface area contributed by atoms with Crippen molar-refractivity contribution < 1.29 is 23.6 Å². The summed E-state index contributed by atoms with van der Waals surface area (Å²) in [6, 6.07) is 12.7. The largest absolute Gasteiger partial charge is 0.469 e. The summed E-state index contributed by atoms with van der Waals surface area (Å²) in [5, 5.41) is 4.30. The molecule has 0 aliphatic carbocycles. The average molecular weight is 386 g/mol. The van der Waals surface area contributed by atoms with E-state index in [4.69, 9.17) is 9.57 Å². The number of nitrogens with one attached hydrogen (secondary N) is 1. The Morgan fingerprint density at radius 1 is 1.21 bits per heavy atom. The zero-order chi connectivity index (χ0) is 20.3. The van der Waals surface area contributed by atoms with Crippen molar-refractivity contribution in [3.05, 3.63) is 65.5 Å². The molecule has 0 saturated carbocycles. The van der Waals surface area contributed by atoms with E-state index in [1.54, 1.807) is 19.9 Å². The topological polar surface area (TPSA) is 67.9 Å². The Morgan fingerprint density at radius 3 is 2.61 bits per heavy atom. The maximum Gasteiger partial charge on any atom is 0.308 e. The lowest BCUT2D eigenvalue weighted by Crippen LogP contribution is -2.49. The van der Waals surface area contributed by atoms with Gasteiger partial charge in [-0.1, -0.05) is 30.3 Å². The van der Waals surface area contributed by atoms with Crippen LogP contribution in [-0.2, 0) is 25.8 Å². The molecule has 0 bridgehead atoms. The summed E-state index contributed by atoms with van der Waals surface area (Å²) < 4.78 is 18.8. The highest BCUT2D eigenvalue weighted by Gasteiger charge is 2.42. The van der Waals surface area contributed by atoms with Gasteiger partial charge in [-0.2, -0.15) is 0 Å². The van der Waals surface area contributed by atoms with Gasteiger partial charge in [-0.15, -0.1) is 0 Å². The van der Waals surface area contributed by atoms with Crippen molar-refractivity contribution in [3.63, 3.8) is 0 Å². The molecule has 2 aromatic rings. The summed E-state index contributed by atoms with van der Waals surface area (Å²) in [5.74, 6) is -1.36. The predicted octanol–water partition coefficient (Wildman–Crippen LogP) is 3.59. The van der Waals surface area contributed by atoms with Crippen LogP contribution in [0.1, 0.15) is 37.4 Å². The zero-order valence-electron chi connectivity index (χ0n) is 16.1. The third-order valence-corrected chi connectivity index (χ3v) is 4.64. The second kappa shape index (κ2) is 7.98. The fourth-order valence-corrected chi connectivity index (χ4v) is 3.16. The molecule has 6 nitrogen and oxygen atoms in total. The standard InChI is InChI=1S/C21H23FN2O4/c1-21(2)20(26)24(28-13-14-7-5-4-6-8-14)18(12-19(25)27-3)16-11-15(22)9-10-17(16)23-21/h4-11,18,23H,12-13H2,1-3H3. The molecule has 0 aromatic heterocycles. The monoisotopic (exact) mass is 386 g/mol. The van der Waals surface area contributed by atoms with Gasteiger partial charge in [-0.3, -0.25) is 14.4 Å². The van der Waals surface area contributed by atoms with Gasteiger partial charge in [0.25, 0.3) is 5.91 Å². The maximum atomic E-state index is 14.0. The third kappa shape index (κ3) is 4.14. The van der Waals surface area contributed by atoms with E-state index in [1.165, 1.54) is 24.3 Å². The van der Waals surface area contributed by atoms with Gasteiger partial charge < -0.3 is 10.1 Å². The molecule has 3 rings (SSSR count). The highest BCUT2D eigenvalue weighted by atomic mass is 19.1. The Morgan fingerprint density at radius 2 is 1.93 bits per heavy atom. The molecule has 0 fully saturated rings. The van der Waals surface area contributed by atoms with Gasteiger partial charge in [0, 0.05) is 11.3 Å². The molecule has 0 spiro atoms. The number of carbonyl (C=O) groups excluding carboxylic acids is 2. The molecule has 0 radical (unpaired) electrons. The number of ether oxygens (including phenoxy) is 1. The fourth-order valence-electron chi connectivity index (χ4n) is 3.16. The molecule has 2 aromatic carbocycles. The van der Waals surface area contributed by atoms with E-state index in [9.17, 15) is 14.0 Å². The molecule has 1 aliphatic heterocycles. The maximum absolute atomic E-state index is 14.0. The van der Waals surface area contributed by atoms with E-state index in [1.807, 2.05) is 30.3 Å². The number of hydrogen-bond donors (Lipinski definition) is 1. The summed E-state index contributed by atoms with van der Waals surface area (Å²) in [7, 11) is 1.27. The van der Waals surface area contributed by atoms with E-state index >= 15 is 0 Å². The minimum atomic E-state index is -1.02. The van der Waals surface area contributed by atoms with E-state index in [-0.39, 0.29) is 18.9 Å². The summed E-state index contributed by atoms with van der Waals surface area (Å²) in [4.78, 5) is 31.1. The van der Waals surface area contributed by atoms with Crippen molar-refractivity contribution in [1.29, 1.82) is 0 Å². The van der Waals surface area contributed by atoms with Gasteiger partial charge in [0.1, 0.15) is 18.0 Å². The van der Waals surface area contributed by atoms with E-state index in [0.29, 0.717) is 11.3 Å². The minimum absolute atomic E-state index is 0.130. The van der Waals surface area contributed by atoms with Crippen LogP contribution in [0.2, 0.25) is 0 Å². The lowest BCUT2D eigenvalue weighted by Gasteiger charge is -2.32. The molecular formula is C21H23FN2O4. The molecule has 1 atom stereocenters. The van der Waals surface area contributed by atoms with E-state index in [2.05, 4.69) is 5.32 Å². The molecule has 1 N–H and O–H groups in total. The Bertz CT molecular complexity index is 870. The number of methoxy groups -OCH3 is 1. The number of rotatable bonds is 5. The fraction of sp³-hybridized carbons (Fsp3) is 0.333. The SMILES string of the molecule is COC(=O)CC1c2cc(F)ccc2NC(C)(C)C(=O)N1OCc1ccccc1. The second-order valence-corrected chi connectivity index (χ2v) is 7.17. The van der Waals surface area contributed by atoms with Crippen molar-refractivity contribution >= 4 is 17.6 Å². The number of fused-ring (bicyclic) bond motifs is 1. The summed E-state index contributed by atoms with van der Waals surface area (Å²) in [6.07, 6.45) is -0.161. The van der Waals surface area contributed by atoms with E-state index < -0.39 is 23.4 Å². The van der Waals surface area contributed by atoms with Crippen molar-refractivity contribution in [2.75, 3.05) is 12.4 Å². The Kier molecular flexibility index (Phi) is 5.65. The first-order chi connectivity index (χ1) is 13.3. The van der Waals surface area contributed by atoms with Gasteiger partial charge in [0.05, 0.1) is 19.6 Å². The van der Waals surface area contributed by atoms with Crippen LogP contribution in [0.25, 0.3) is 0 Å². The summed E-state index contributed by atoms with van der Waals surface area (Å²) >= 11 is 0. The van der Waals surface area contributed by atoms with Crippen LogP contribution in [0.5, 0.6) is 0 Å². The number of hydrogen-bond acceptors (Lipinski definition) is 5. The molecule has 148 valence electrons. The number of anilines is 1. The molecule has 1 amide bonds. The summed E-state index contributed by atoms with van der Waals surface area (Å²) in [5.41, 5.74) is 0.868. The van der Waals surface area contributed by atoms with Gasteiger partial charge in [-0.05, 0) is 37.6 Å². The third-order valence-electron chi connectivity index (χ3n) is 4.64. The molecule has 1 aliphatic rings. The predicted molar refractivity (Wildman–Crippen MR) is 102 cm³/mol. The number of hydroxylamine groups is 2. The second-order valence-electron chi connectivity index (χ2n) is 7.17. The van der Waals surface area contributed by atoms with Gasteiger partial charge >= 0.3 is 5.97 Å². The highest BCUT2D eigenvalue weighted by Crippen LogP contribution is 2.38. The lowest BCUT2D eigenvalue weighted by molar-refractivity contribution is -0.212. The first-order valence-electron chi connectivity index (χ1n) is 8.97. The van der Waals surface area contributed by atoms with E-state index in [0.717, 1.165) is 5.56 Å². The Labute approximate surface area is 163 Å². The van der Waals surface area contributed by atoms with Crippen LogP contribution in [0, 0.1) is 5.82 Å². The zero-order valence-corrected chi connectivity index (χ0v) is 16.1. The molecule has 1 unspecified atom stereocenters. The van der Waals surface area contributed by atoms with Crippen LogP contribution >= 0.6 is 0 Å². The normalized spacial score (nSPS) is 18.1. The van der Waals surface area contributed by atoms with Crippen molar-refractivity contribution in [2.24, 2.45) is 0 Å². The van der Waals surface area contributed by atoms with Gasteiger partial charge in [0.2, 0.25) is 0 Å². The first kappa shape index (κ1) is 19.8. The average Bonchev–Trinajstić information content (AvgIpc) is 2.75. The van der Waals surface area contributed by atoms with Crippen molar-refractivity contribution in [1.82, 2.24) is 5.06 Å². The van der Waals surface area contributed by atoms with Gasteiger partial charge in [0.15, 0.2) is 0 Å². The number of benzene rings is 2. The molecule has 1 heterocycles. The Balaban J connectivity index is 2.02. The van der Waals surface area contributed by atoms with Crippen molar-refractivity contribution in [3.8, 4) is 0 Å². The quantitative estimate of drug-likeness (QED) is 0.796. The lowest BCUT2D eigenvalue weighted by atomic mass is 10.0. The van der Waals surface area contributed by atoms with Crippen LogP contribution in [0.4, 0.5) is 10.1 Å². The van der Waals surface area contributed by atoms with Gasteiger partial charge in [-0.25, -0.2) is 9.45 Å². The van der Waals surface area contributed by atoms with Crippen molar-refractivity contribution in [2.45, 2.75) is 38.5 Å². The molecule has 7 heteroatoms. The smallest absolute Gasteiger partial charge is 0.308 e. The first-order valence-corrected chi connectivity index (χ1v) is 8.97. The number of carbonyl (C=O) groups is 2. The molecule has 28 heavy (non-hydrogen) atoms. The number of halogens is 1. The number of nitrogens with zero attached hydrogens (tertiary/aromatic N) is 1.